The van der Waals surface area contributed by atoms with Crippen LogP contribution in [0.3, 0.4) is 0 Å². The van der Waals surface area contributed by atoms with Crippen LogP contribution in [-0.4, -0.2) is 24.4 Å². The van der Waals surface area contributed by atoms with Gasteiger partial charge in [-0.3, -0.25) is 0 Å². The number of hydrogen-bond acceptors (Lipinski definition) is 6. The average molecular weight is 267 g/mol. The van der Waals surface area contributed by atoms with Crippen LogP contribution in [-0.2, 0) is 13.2 Å². The predicted molar refractivity (Wildman–Crippen MR) is 65.5 cm³/mol. The number of ether oxygens (including phenoxy) is 2. The Labute approximate surface area is 109 Å². The van der Waals surface area contributed by atoms with Crippen LogP contribution in [0.2, 0.25) is 0 Å². The molecule has 1 aromatic heterocycles. The largest absolute Gasteiger partial charge is 0.493 e. The van der Waals surface area contributed by atoms with E-state index in [9.17, 15) is 4.39 Å². The summed E-state index contributed by atoms with van der Waals surface area (Å²) in [5, 5.41) is 3.77. The minimum absolute atomic E-state index is 0.130. The number of nitrogens with two attached hydrogens (primary N) is 1. The first-order chi connectivity index (χ1) is 9.23. The van der Waals surface area contributed by atoms with Gasteiger partial charge in [0.25, 0.3) is 0 Å². The normalized spacial score (nSPS) is 10.5. The third kappa shape index (κ3) is 2.50. The molecule has 7 heteroatoms. The Morgan fingerprint density at radius 1 is 1.26 bits per heavy atom. The van der Waals surface area contributed by atoms with Crippen LogP contribution in [0.1, 0.15) is 11.5 Å². The first-order valence-corrected chi connectivity index (χ1v) is 5.57. The molecule has 0 saturated carbocycles. The lowest BCUT2D eigenvalue weighted by Crippen LogP contribution is -1.97. The number of rotatable bonds is 5. The van der Waals surface area contributed by atoms with Crippen molar-refractivity contribution in [2.24, 2.45) is 5.73 Å². The van der Waals surface area contributed by atoms with Crippen molar-refractivity contribution >= 4 is 0 Å². The van der Waals surface area contributed by atoms with E-state index in [0.717, 1.165) is 0 Å². The summed E-state index contributed by atoms with van der Waals surface area (Å²) in [6.45, 7) is -0.548. The fourth-order valence-electron chi connectivity index (χ4n) is 1.69. The van der Waals surface area contributed by atoms with Gasteiger partial charge in [0.2, 0.25) is 11.7 Å². The molecule has 0 saturated heterocycles. The van der Waals surface area contributed by atoms with E-state index in [2.05, 4.69) is 10.1 Å². The zero-order valence-electron chi connectivity index (χ0n) is 10.6. The molecule has 0 aliphatic rings. The van der Waals surface area contributed by atoms with Gasteiger partial charge in [-0.15, -0.1) is 0 Å². The van der Waals surface area contributed by atoms with Crippen molar-refractivity contribution in [3.63, 3.8) is 0 Å². The number of methoxy groups -OCH3 is 2. The van der Waals surface area contributed by atoms with E-state index in [1.165, 1.54) is 14.2 Å². The molecular weight excluding hydrogens is 253 g/mol. The van der Waals surface area contributed by atoms with Crippen LogP contribution >= 0.6 is 0 Å². The highest BCUT2D eigenvalue weighted by Gasteiger charge is 2.16. The summed E-state index contributed by atoms with van der Waals surface area (Å²) in [5.74, 6) is 1.47. The molecule has 0 bridgehead atoms. The van der Waals surface area contributed by atoms with E-state index in [4.69, 9.17) is 19.7 Å². The molecule has 1 heterocycles. The third-order valence-corrected chi connectivity index (χ3v) is 2.64. The van der Waals surface area contributed by atoms with E-state index < -0.39 is 6.67 Å². The molecule has 2 aromatic rings. The van der Waals surface area contributed by atoms with E-state index in [1.54, 1.807) is 12.1 Å². The number of halogens is 1. The van der Waals surface area contributed by atoms with Gasteiger partial charge < -0.3 is 19.7 Å². The number of benzene rings is 1. The summed E-state index contributed by atoms with van der Waals surface area (Å²) in [4.78, 5) is 4.07. The average Bonchev–Trinajstić information content (AvgIpc) is 2.94. The molecule has 0 spiro atoms. The van der Waals surface area contributed by atoms with Crippen molar-refractivity contribution in [2.75, 3.05) is 14.2 Å². The van der Waals surface area contributed by atoms with Gasteiger partial charge in [-0.2, -0.15) is 4.98 Å². The predicted octanol–water partition coefficient (Wildman–Crippen LogP) is 1.68. The highest BCUT2D eigenvalue weighted by molar-refractivity contribution is 5.65. The highest BCUT2D eigenvalue weighted by Crippen LogP contribution is 2.35. The fraction of sp³-hybridized carbons (Fsp3) is 0.333. The molecule has 0 unspecified atom stereocenters. The Morgan fingerprint density at radius 2 is 1.95 bits per heavy atom. The molecule has 0 aliphatic heterocycles. The second-order valence-electron chi connectivity index (χ2n) is 3.71. The van der Waals surface area contributed by atoms with Crippen LogP contribution in [0.5, 0.6) is 11.5 Å². The van der Waals surface area contributed by atoms with Gasteiger partial charge in [0.1, 0.15) is 6.67 Å². The van der Waals surface area contributed by atoms with Crippen LogP contribution in [0, 0.1) is 0 Å². The number of hydrogen-bond donors (Lipinski definition) is 1. The molecule has 1 aromatic carbocycles. The number of alkyl halides is 1. The minimum atomic E-state index is -0.678. The van der Waals surface area contributed by atoms with Crippen molar-refractivity contribution in [3.05, 3.63) is 23.6 Å². The summed E-state index contributed by atoms with van der Waals surface area (Å²) in [6.07, 6.45) is 0. The molecule has 19 heavy (non-hydrogen) atoms. The minimum Gasteiger partial charge on any atom is -0.493 e. The molecular formula is C12H14FN3O3. The van der Waals surface area contributed by atoms with E-state index in [1.807, 2.05) is 0 Å². The van der Waals surface area contributed by atoms with Gasteiger partial charge in [-0.25, -0.2) is 4.39 Å². The fourth-order valence-corrected chi connectivity index (χ4v) is 1.69. The summed E-state index contributed by atoms with van der Waals surface area (Å²) in [5.41, 5.74) is 6.28. The second kappa shape index (κ2) is 5.66. The molecule has 2 N–H and O–H groups in total. The second-order valence-corrected chi connectivity index (χ2v) is 3.71. The maximum atomic E-state index is 13.1. The van der Waals surface area contributed by atoms with Gasteiger partial charge in [-0.05, 0) is 17.7 Å². The van der Waals surface area contributed by atoms with Crippen LogP contribution in [0.25, 0.3) is 11.4 Å². The maximum absolute atomic E-state index is 13.1. The summed E-state index contributed by atoms with van der Waals surface area (Å²) >= 11 is 0. The molecule has 2 rings (SSSR count). The standard InChI is InChI=1S/C12H14FN3O3/c1-17-9-3-7(5-13)8(4-10(9)18-2)12-15-11(6-14)19-16-12/h3-4H,5-6,14H2,1-2H3. The monoisotopic (exact) mass is 267 g/mol. The van der Waals surface area contributed by atoms with Crippen molar-refractivity contribution in [1.29, 1.82) is 0 Å². The van der Waals surface area contributed by atoms with Crippen LogP contribution in [0.15, 0.2) is 16.7 Å². The van der Waals surface area contributed by atoms with Gasteiger partial charge in [-0.1, -0.05) is 5.16 Å². The van der Waals surface area contributed by atoms with Crippen LogP contribution < -0.4 is 15.2 Å². The Morgan fingerprint density at radius 3 is 2.47 bits per heavy atom. The Hall–Kier alpha value is -2.15. The molecule has 0 fully saturated rings. The molecule has 0 amide bonds. The summed E-state index contributed by atoms with van der Waals surface area (Å²) in [7, 11) is 2.98. The van der Waals surface area contributed by atoms with E-state index >= 15 is 0 Å². The number of aromatic nitrogens is 2. The Bertz CT molecular complexity index is 571. The molecule has 0 radical (unpaired) electrons. The smallest absolute Gasteiger partial charge is 0.240 e. The van der Waals surface area contributed by atoms with Crippen molar-refractivity contribution in [3.8, 4) is 22.9 Å². The SMILES string of the molecule is COc1cc(CF)c(-c2noc(CN)n2)cc1OC. The zero-order chi connectivity index (χ0) is 13.8. The summed E-state index contributed by atoms with van der Waals surface area (Å²) in [6, 6.07) is 3.16. The van der Waals surface area contributed by atoms with E-state index in [0.29, 0.717) is 22.6 Å². The maximum Gasteiger partial charge on any atom is 0.240 e. The number of nitrogens with zero attached hydrogens (tertiary/aromatic N) is 2. The molecule has 6 nitrogen and oxygen atoms in total. The molecule has 0 aliphatic carbocycles. The quantitative estimate of drug-likeness (QED) is 0.887. The van der Waals surface area contributed by atoms with Gasteiger partial charge in [0, 0.05) is 5.56 Å². The lowest BCUT2D eigenvalue weighted by atomic mass is 10.1. The lowest BCUT2D eigenvalue weighted by molar-refractivity contribution is 0.353. The molecule has 102 valence electrons. The van der Waals surface area contributed by atoms with Gasteiger partial charge in [0.15, 0.2) is 11.5 Å². The van der Waals surface area contributed by atoms with Crippen molar-refractivity contribution in [1.82, 2.24) is 10.1 Å². The van der Waals surface area contributed by atoms with Crippen LogP contribution in [0.4, 0.5) is 4.39 Å². The summed E-state index contributed by atoms with van der Waals surface area (Å²) < 4.78 is 28.3. The zero-order valence-corrected chi connectivity index (χ0v) is 10.6. The first kappa shape index (κ1) is 13.3. The highest BCUT2D eigenvalue weighted by atomic mass is 19.1. The van der Waals surface area contributed by atoms with Crippen molar-refractivity contribution < 1.29 is 18.4 Å². The topological polar surface area (TPSA) is 83.4 Å². The van der Waals surface area contributed by atoms with Gasteiger partial charge in [0.05, 0.1) is 20.8 Å². The lowest BCUT2D eigenvalue weighted by Gasteiger charge is -2.11. The Kier molecular flexibility index (Phi) is 3.96. The Balaban J connectivity index is 2.54. The molecule has 0 atom stereocenters. The first-order valence-electron chi connectivity index (χ1n) is 5.57. The van der Waals surface area contributed by atoms with Gasteiger partial charge >= 0.3 is 0 Å². The van der Waals surface area contributed by atoms with Crippen molar-refractivity contribution in [2.45, 2.75) is 13.2 Å². The third-order valence-electron chi connectivity index (χ3n) is 2.64. The van der Waals surface area contributed by atoms with E-state index in [-0.39, 0.29) is 18.3 Å².